The van der Waals surface area contributed by atoms with Gasteiger partial charge in [-0.05, 0) is 25.1 Å². The highest BCUT2D eigenvalue weighted by Crippen LogP contribution is 2.41. The van der Waals surface area contributed by atoms with Crippen LogP contribution in [0.25, 0.3) is 17.0 Å². The van der Waals surface area contributed by atoms with Gasteiger partial charge >= 0.3 is 0 Å². The molecule has 4 nitrogen and oxygen atoms in total. The minimum absolute atomic E-state index is 0.208. The zero-order valence-electron chi connectivity index (χ0n) is 10.4. The van der Waals surface area contributed by atoms with E-state index in [0.29, 0.717) is 28.0 Å². The van der Waals surface area contributed by atoms with E-state index < -0.39 is 5.67 Å². The predicted molar refractivity (Wildman–Crippen MR) is 73.5 cm³/mol. The normalized spacial score (nSPS) is 22.6. The highest BCUT2D eigenvalue weighted by molar-refractivity contribution is 5.89. The van der Waals surface area contributed by atoms with E-state index in [-0.39, 0.29) is 11.4 Å². The molecule has 1 aliphatic rings. The van der Waals surface area contributed by atoms with Crippen LogP contribution in [0.3, 0.4) is 0 Å². The Labute approximate surface area is 109 Å². The largest absolute Gasteiger partial charge is 0.456 e. The number of nitrogen functional groups attached to an aromatic ring is 1. The zero-order valence-corrected chi connectivity index (χ0v) is 10.4. The summed E-state index contributed by atoms with van der Waals surface area (Å²) in [5.74, 6) is 0.375. The first-order valence-electron chi connectivity index (χ1n) is 5.86. The van der Waals surface area contributed by atoms with Gasteiger partial charge < -0.3 is 21.6 Å². The van der Waals surface area contributed by atoms with Crippen LogP contribution in [0, 0.1) is 0 Å². The number of hydrogen-bond acceptors (Lipinski definition) is 4. The van der Waals surface area contributed by atoms with Crippen LogP contribution in [0.15, 0.2) is 40.1 Å². The number of nitrogens with two attached hydrogens (primary N) is 3. The highest BCUT2D eigenvalue weighted by Gasteiger charge is 2.33. The van der Waals surface area contributed by atoms with E-state index in [1.165, 1.54) is 13.0 Å². The molecule has 1 heterocycles. The van der Waals surface area contributed by atoms with E-state index in [9.17, 15) is 4.39 Å². The molecule has 1 aromatic carbocycles. The summed E-state index contributed by atoms with van der Waals surface area (Å²) in [7, 11) is 0. The number of anilines is 1. The first-order chi connectivity index (χ1) is 8.88. The van der Waals surface area contributed by atoms with Crippen molar-refractivity contribution in [2.75, 3.05) is 5.73 Å². The number of hydrogen-bond donors (Lipinski definition) is 3. The second-order valence-corrected chi connectivity index (χ2v) is 4.87. The fraction of sp³-hybridized carbons (Fsp3) is 0.143. The summed E-state index contributed by atoms with van der Waals surface area (Å²) < 4.78 is 20.5. The molecule has 0 radical (unpaired) electrons. The minimum Gasteiger partial charge on any atom is -0.456 e. The molecule has 1 atom stereocenters. The van der Waals surface area contributed by atoms with Gasteiger partial charge in [-0.1, -0.05) is 0 Å². The summed E-state index contributed by atoms with van der Waals surface area (Å²) in [4.78, 5) is 0. The van der Waals surface area contributed by atoms with Crippen LogP contribution < -0.4 is 17.2 Å². The number of rotatable bonds is 0. The Morgan fingerprint density at radius 3 is 2.63 bits per heavy atom. The van der Waals surface area contributed by atoms with Crippen molar-refractivity contribution < 1.29 is 8.81 Å². The molecule has 6 N–H and O–H groups in total. The first kappa shape index (κ1) is 11.6. The van der Waals surface area contributed by atoms with Gasteiger partial charge in [-0.15, -0.1) is 0 Å². The van der Waals surface area contributed by atoms with E-state index in [4.69, 9.17) is 21.6 Å². The molecule has 3 rings (SSSR count). The Balaban J connectivity index is 2.40. The van der Waals surface area contributed by atoms with Gasteiger partial charge in [0.05, 0.1) is 11.4 Å². The van der Waals surface area contributed by atoms with Crippen molar-refractivity contribution >= 4 is 22.7 Å². The summed E-state index contributed by atoms with van der Waals surface area (Å²) in [6.07, 6.45) is 2.85. The number of fused-ring (bicyclic) bond motifs is 3. The molecule has 19 heavy (non-hydrogen) atoms. The van der Waals surface area contributed by atoms with Gasteiger partial charge in [-0.25, -0.2) is 4.39 Å². The average Bonchev–Trinajstić information content (AvgIpc) is 2.61. The van der Waals surface area contributed by atoms with Crippen LogP contribution in [0.2, 0.25) is 0 Å². The third kappa shape index (κ3) is 1.66. The fourth-order valence-electron chi connectivity index (χ4n) is 2.41. The second kappa shape index (κ2) is 3.54. The Bertz CT molecular complexity index is 740. The fourth-order valence-corrected chi connectivity index (χ4v) is 2.41. The maximum absolute atomic E-state index is 14.9. The lowest BCUT2D eigenvalue weighted by Gasteiger charge is -2.15. The highest BCUT2D eigenvalue weighted by atomic mass is 19.1. The van der Waals surface area contributed by atoms with Gasteiger partial charge in [0, 0.05) is 28.8 Å². The number of alkyl halides is 1. The van der Waals surface area contributed by atoms with Crippen LogP contribution >= 0.6 is 0 Å². The zero-order chi connectivity index (χ0) is 13.8. The molecular formula is C14H14FN3O. The van der Waals surface area contributed by atoms with Crippen molar-refractivity contribution in [1.82, 2.24) is 0 Å². The van der Waals surface area contributed by atoms with Crippen molar-refractivity contribution in [2.24, 2.45) is 11.5 Å². The Morgan fingerprint density at radius 1 is 1.16 bits per heavy atom. The van der Waals surface area contributed by atoms with Gasteiger partial charge in [0.15, 0.2) is 5.67 Å². The lowest BCUT2D eigenvalue weighted by Crippen LogP contribution is -2.15. The van der Waals surface area contributed by atoms with Gasteiger partial charge in [0.25, 0.3) is 0 Å². The van der Waals surface area contributed by atoms with Gasteiger partial charge in [-0.2, -0.15) is 0 Å². The predicted octanol–water partition coefficient (Wildman–Crippen LogP) is 2.36. The Morgan fingerprint density at radius 2 is 1.89 bits per heavy atom. The molecular weight excluding hydrogens is 245 g/mol. The average molecular weight is 259 g/mol. The number of benzene rings is 1. The van der Waals surface area contributed by atoms with Crippen molar-refractivity contribution in [3.05, 3.63) is 47.0 Å². The lowest BCUT2D eigenvalue weighted by atomic mass is 9.94. The molecule has 0 amide bonds. The first-order valence-corrected chi connectivity index (χ1v) is 5.86. The molecule has 0 aliphatic heterocycles. The van der Waals surface area contributed by atoms with E-state index in [2.05, 4.69) is 0 Å². The quantitative estimate of drug-likeness (QED) is 0.633. The van der Waals surface area contributed by atoms with Crippen molar-refractivity contribution in [3.63, 3.8) is 0 Å². The molecule has 0 bridgehead atoms. The number of halogens is 1. The molecule has 1 aromatic heterocycles. The van der Waals surface area contributed by atoms with Gasteiger partial charge in [-0.3, -0.25) is 0 Å². The molecule has 0 saturated carbocycles. The molecule has 1 unspecified atom stereocenters. The van der Waals surface area contributed by atoms with E-state index >= 15 is 0 Å². The van der Waals surface area contributed by atoms with E-state index in [1.807, 2.05) is 0 Å². The summed E-state index contributed by atoms with van der Waals surface area (Å²) in [5.41, 5.74) is 17.5. The van der Waals surface area contributed by atoms with Gasteiger partial charge in [0.2, 0.25) is 0 Å². The van der Waals surface area contributed by atoms with Crippen molar-refractivity contribution in [2.45, 2.75) is 12.6 Å². The molecule has 2 aromatic rings. The number of furan rings is 1. The SMILES string of the molecule is CC1(F)C=C(N)C(N)=Cc2oc3cc(N)ccc3c21. The van der Waals surface area contributed by atoms with Crippen LogP contribution in [0.1, 0.15) is 18.2 Å². The molecule has 0 spiro atoms. The van der Waals surface area contributed by atoms with Crippen molar-refractivity contribution in [3.8, 4) is 0 Å². The van der Waals surface area contributed by atoms with Crippen LogP contribution in [0.4, 0.5) is 10.1 Å². The molecule has 98 valence electrons. The Hall–Kier alpha value is -2.43. The van der Waals surface area contributed by atoms with Crippen LogP contribution in [-0.4, -0.2) is 0 Å². The van der Waals surface area contributed by atoms with Crippen LogP contribution in [-0.2, 0) is 5.67 Å². The Kier molecular flexibility index (Phi) is 2.17. The summed E-state index contributed by atoms with van der Waals surface area (Å²) in [6.45, 7) is 1.43. The van der Waals surface area contributed by atoms with Gasteiger partial charge in [0.1, 0.15) is 11.3 Å². The summed E-state index contributed by atoms with van der Waals surface area (Å²) in [5, 5.41) is 0.671. The monoisotopic (exact) mass is 259 g/mol. The maximum atomic E-state index is 14.9. The van der Waals surface area contributed by atoms with Crippen LogP contribution in [0.5, 0.6) is 0 Å². The standard InChI is InChI=1S/C14H14FN3O/c1-14(15)6-10(18)9(17)5-12-13(14)8-3-2-7(16)4-11(8)19-12/h2-6H,16-18H2,1H3. The van der Waals surface area contributed by atoms with E-state index in [0.717, 1.165) is 0 Å². The third-order valence-electron chi connectivity index (χ3n) is 3.28. The smallest absolute Gasteiger partial charge is 0.158 e. The topological polar surface area (TPSA) is 91.2 Å². The molecule has 5 heteroatoms. The lowest BCUT2D eigenvalue weighted by molar-refractivity contribution is 0.262. The molecule has 0 fully saturated rings. The van der Waals surface area contributed by atoms with Crippen molar-refractivity contribution in [1.29, 1.82) is 0 Å². The third-order valence-corrected chi connectivity index (χ3v) is 3.28. The maximum Gasteiger partial charge on any atom is 0.158 e. The minimum atomic E-state index is -1.75. The molecule has 1 aliphatic carbocycles. The molecule has 0 saturated heterocycles. The summed E-state index contributed by atoms with van der Waals surface area (Å²) in [6, 6.07) is 5.11. The second-order valence-electron chi connectivity index (χ2n) is 4.87. The van der Waals surface area contributed by atoms with E-state index in [1.54, 1.807) is 24.3 Å². The number of allylic oxidation sites excluding steroid dienone is 1. The summed E-state index contributed by atoms with van der Waals surface area (Å²) >= 11 is 0.